The van der Waals surface area contributed by atoms with Crippen molar-refractivity contribution in [3.05, 3.63) is 35.4 Å². The highest BCUT2D eigenvalue weighted by atomic mass is 19.4. The summed E-state index contributed by atoms with van der Waals surface area (Å²) >= 11 is 0. The monoisotopic (exact) mass is 331 g/mol. The molecule has 7 heteroatoms. The first-order valence-corrected chi connectivity index (χ1v) is 7.58. The van der Waals surface area contributed by atoms with Crippen molar-refractivity contribution < 1.29 is 27.8 Å². The maximum atomic E-state index is 12.8. The number of rotatable bonds is 5. The number of amides is 1. The van der Waals surface area contributed by atoms with Gasteiger partial charge >= 0.3 is 6.18 Å². The summed E-state index contributed by atoms with van der Waals surface area (Å²) in [6, 6.07) is 4.20. The number of nitrogens with one attached hydrogen (secondary N) is 1. The zero-order valence-corrected chi connectivity index (χ0v) is 12.6. The third kappa shape index (κ3) is 4.94. The fourth-order valence-corrected chi connectivity index (χ4v) is 2.63. The summed E-state index contributed by atoms with van der Waals surface area (Å²) in [6.45, 7) is 0.785. The third-order valence-electron chi connectivity index (χ3n) is 3.94. The second-order valence-corrected chi connectivity index (χ2v) is 5.58. The van der Waals surface area contributed by atoms with Gasteiger partial charge in [0.1, 0.15) is 0 Å². The molecule has 0 aromatic heterocycles. The number of alkyl halides is 3. The van der Waals surface area contributed by atoms with Gasteiger partial charge in [-0.15, -0.1) is 0 Å². The van der Waals surface area contributed by atoms with E-state index in [0.29, 0.717) is 31.6 Å². The van der Waals surface area contributed by atoms with Crippen molar-refractivity contribution in [1.82, 2.24) is 5.32 Å². The van der Waals surface area contributed by atoms with Gasteiger partial charge in [0.25, 0.3) is 0 Å². The van der Waals surface area contributed by atoms with Gasteiger partial charge in [0.05, 0.1) is 11.6 Å². The van der Waals surface area contributed by atoms with Crippen LogP contribution in [0.25, 0.3) is 0 Å². The number of benzene rings is 1. The highest BCUT2D eigenvalue weighted by molar-refractivity contribution is 5.79. The zero-order chi connectivity index (χ0) is 16.9. The Morgan fingerprint density at radius 3 is 2.65 bits per heavy atom. The number of ether oxygens (including phenoxy) is 1. The maximum Gasteiger partial charge on any atom is 0.416 e. The molecule has 2 rings (SSSR count). The molecule has 2 N–H and O–H groups in total. The van der Waals surface area contributed by atoms with Crippen LogP contribution in [0, 0.1) is 5.92 Å². The molecule has 1 aliphatic heterocycles. The molecule has 0 bridgehead atoms. The molecule has 1 fully saturated rings. The minimum Gasteiger partial charge on any atom is -0.396 e. The van der Waals surface area contributed by atoms with Crippen molar-refractivity contribution in [2.75, 3.05) is 19.8 Å². The van der Waals surface area contributed by atoms with Gasteiger partial charge in [-0.3, -0.25) is 4.79 Å². The van der Waals surface area contributed by atoms with Gasteiger partial charge in [-0.2, -0.15) is 13.2 Å². The Kier molecular flexibility index (Phi) is 6.01. The second kappa shape index (κ2) is 7.79. The van der Waals surface area contributed by atoms with E-state index in [9.17, 15) is 18.0 Å². The summed E-state index contributed by atoms with van der Waals surface area (Å²) in [6.07, 6.45) is -3.08. The molecule has 1 atom stereocenters. The number of hydrogen-bond donors (Lipinski definition) is 2. The first kappa shape index (κ1) is 17.7. The minimum atomic E-state index is -4.44. The molecule has 0 saturated carbocycles. The molecular formula is C16H20F3NO3. The zero-order valence-electron chi connectivity index (χ0n) is 12.6. The van der Waals surface area contributed by atoms with E-state index in [4.69, 9.17) is 9.84 Å². The summed E-state index contributed by atoms with van der Waals surface area (Å²) < 4.78 is 43.7. The van der Waals surface area contributed by atoms with Crippen molar-refractivity contribution >= 4 is 5.91 Å². The molecule has 0 spiro atoms. The lowest BCUT2D eigenvalue weighted by Gasteiger charge is -2.25. The summed E-state index contributed by atoms with van der Waals surface area (Å²) in [7, 11) is 0. The highest BCUT2D eigenvalue weighted by Crippen LogP contribution is 2.31. The van der Waals surface area contributed by atoms with Gasteiger partial charge in [0.15, 0.2) is 0 Å². The van der Waals surface area contributed by atoms with Crippen LogP contribution in [-0.2, 0) is 15.7 Å². The van der Waals surface area contributed by atoms with E-state index in [1.165, 1.54) is 12.1 Å². The first-order valence-electron chi connectivity index (χ1n) is 7.58. The highest BCUT2D eigenvalue weighted by Gasteiger charge is 2.31. The van der Waals surface area contributed by atoms with Gasteiger partial charge < -0.3 is 15.2 Å². The molecule has 1 aliphatic rings. The van der Waals surface area contributed by atoms with Crippen LogP contribution in [0.1, 0.15) is 36.4 Å². The van der Waals surface area contributed by atoms with Crippen LogP contribution in [0.2, 0.25) is 0 Å². The van der Waals surface area contributed by atoms with E-state index in [0.717, 1.165) is 12.1 Å². The van der Waals surface area contributed by atoms with Crippen LogP contribution in [0.3, 0.4) is 0 Å². The molecule has 1 aromatic carbocycles. The smallest absolute Gasteiger partial charge is 0.396 e. The SMILES string of the molecule is O=C(NC(CCO)c1cccc(C(F)(F)F)c1)C1CCOCC1. The van der Waals surface area contributed by atoms with Crippen molar-refractivity contribution in [3.8, 4) is 0 Å². The Balaban J connectivity index is 2.12. The van der Waals surface area contributed by atoms with Crippen molar-refractivity contribution in [2.24, 2.45) is 5.92 Å². The lowest BCUT2D eigenvalue weighted by atomic mass is 9.96. The molecule has 1 saturated heterocycles. The maximum absolute atomic E-state index is 12.8. The molecule has 1 unspecified atom stereocenters. The van der Waals surface area contributed by atoms with Gasteiger partial charge in [0.2, 0.25) is 5.91 Å². The average Bonchev–Trinajstić information content (AvgIpc) is 2.54. The fraction of sp³-hybridized carbons (Fsp3) is 0.562. The van der Waals surface area contributed by atoms with Gasteiger partial charge in [-0.25, -0.2) is 0 Å². The number of hydrogen-bond acceptors (Lipinski definition) is 3. The quantitative estimate of drug-likeness (QED) is 0.872. The van der Waals surface area contributed by atoms with E-state index in [1.807, 2.05) is 0 Å². The summed E-state index contributed by atoms with van der Waals surface area (Å²) in [4.78, 5) is 12.3. The Morgan fingerprint density at radius 1 is 1.35 bits per heavy atom. The van der Waals surface area contributed by atoms with Crippen LogP contribution < -0.4 is 5.32 Å². The Hall–Kier alpha value is -1.60. The van der Waals surface area contributed by atoms with Crippen molar-refractivity contribution in [2.45, 2.75) is 31.5 Å². The standard InChI is InChI=1S/C16H20F3NO3/c17-16(18,19)13-3-1-2-12(10-13)14(4-7-21)20-15(22)11-5-8-23-9-6-11/h1-3,10-11,14,21H,4-9H2,(H,20,22). The predicted octanol–water partition coefficient (Wildman–Crippen LogP) is 2.67. The number of aliphatic hydroxyl groups is 1. The van der Waals surface area contributed by atoms with Crippen LogP contribution in [0.15, 0.2) is 24.3 Å². The molecule has 0 radical (unpaired) electrons. The predicted molar refractivity (Wildman–Crippen MR) is 77.6 cm³/mol. The lowest BCUT2D eigenvalue weighted by molar-refractivity contribution is -0.137. The van der Waals surface area contributed by atoms with E-state index in [2.05, 4.69) is 5.32 Å². The number of aliphatic hydroxyl groups excluding tert-OH is 1. The normalized spacial score (nSPS) is 17.7. The largest absolute Gasteiger partial charge is 0.416 e. The first-order chi connectivity index (χ1) is 10.9. The fourth-order valence-electron chi connectivity index (χ4n) is 2.63. The molecule has 0 aliphatic carbocycles. The molecular weight excluding hydrogens is 311 g/mol. The minimum absolute atomic E-state index is 0.163. The molecule has 1 heterocycles. The van der Waals surface area contributed by atoms with Gasteiger partial charge in [-0.05, 0) is 37.0 Å². The molecule has 1 aromatic rings. The van der Waals surface area contributed by atoms with Crippen LogP contribution in [0.4, 0.5) is 13.2 Å². The molecule has 1 amide bonds. The number of carbonyl (C=O) groups excluding carboxylic acids is 1. The molecule has 4 nitrogen and oxygen atoms in total. The number of halogens is 3. The Bertz CT molecular complexity index is 528. The Morgan fingerprint density at radius 2 is 2.04 bits per heavy atom. The van der Waals surface area contributed by atoms with Crippen LogP contribution in [0.5, 0.6) is 0 Å². The summed E-state index contributed by atoms with van der Waals surface area (Å²) in [5, 5.41) is 11.9. The van der Waals surface area contributed by atoms with Gasteiger partial charge in [0, 0.05) is 25.7 Å². The second-order valence-electron chi connectivity index (χ2n) is 5.58. The van der Waals surface area contributed by atoms with Crippen molar-refractivity contribution in [1.29, 1.82) is 0 Å². The van der Waals surface area contributed by atoms with Gasteiger partial charge in [-0.1, -0.05) is 12.1 Å². The summed E-state index contributed by atoms with van der Waals surface area (Å²) in [5.74, 6) is -0.403. The van der Waals surface area contributed by atoms with Crippen molar-refractivity contribution in [3.63, 3.8) is 0 Å². The molecule has 128 valence electrons. The van der Waals surface area contributed by atoms with E-state index >= 15 is 0 Å². The van der Waals surface area contributed by atoms with E-state index in [1.54, 1.807) is 0 Å². The molecule has 23 heavy (non-hydrogen) atoms. The topological polar surface area (TPSA) is 58.6 Å². The van der Waals surface area contributed by atoms with E-state index < -0.39 is 17.8 Å². The lowest BCUT2D eigenvalue weighted by Crippen LogP contribution is -2.37. The Labute approximate surface area is 132 Å². The third-order valence-corrected chi connectivity index (χ3v) is 3.94. The average molecular weight is 331 g/mol. The van der Waals surface area contributed by atoms with Crippen LogP contribution in [-0.4, -0.2) is 30.8 Å². The van der Waals surface area contributed by atoms with Crippen LogP contribution >= 0.6 is 0 Å². The van der Waals surface area contributed by atoms with E-state index in [-0.39, 0.29) is 24.9 Å². The number of carbonyl (C=O) groups is 1. The summed E-state index contributed by atoms with van der Waals surface area (Å²) in [5.41, 5.74) is -0.424.